The smallest absolute Gasteiger partial charge is 0.336 e. The van der Waals surface area contributed by atoms with Crippen LogP contribution in [0.4, 0.5) is 0 Å². The number of halogens is 1. The lowest BCUT2D eigenvalue weighted by Gasteiger charge is -2.33. The minimum Gasteiger partial charge on any atom is -0.463 e. The summed E-state index contributed by atoms with van der Waals surface area (Å²) in [7, 11) is 1.71. The van der Waals surface area contributed by atoms with Crippen molar-refractivity contribution in [2.45, 2.75) is 32.6 Å². The quantitative estimate of drug-likeness (QED) is 0.797. The Balaban J connectivity index is 2.53. The lowest BCUT2D eigenvalue weighted by molar-refractivity contribution is -0.139. The molecule has 1 aliphatic rings. The van der Waals surface area contributed by atoms with Crippen molar-refractivity contribution in [3.8, 4) is 0 Å². The van der Waals surface area contributed by atoms with Crippen molar-refractivity contribution in [2.24, 2.45) is 0 Å². The molecule has 2 rings (SSSR count). The van der Waals surface area contributed by atoms with Gasteiger partial charge in [0.25, 0.3) is 0 Å². The highest BCUT2D eigenvalue weighted by molar-refractivity contribution is 6.30. The lowest BCUT2D eigenvalue weighted by atomic mass is 9.83. The molecule has 0 N–H and O–H groups in total. The number of amides is 1. The van der Waals surface area contributed by atoms with Crippen LogP contribution in [0.2, 0.25) is 5.02 Å². The minimum absolute atomic E-state index is 0.00449. The third-order valence-electron chi connectivity index (χ3n) is 3.92. The van der Waals surface area contributed by atoms with E-state index in [1.54, 1.807) is 31.0 Å². The van der Waals surface area contributed by atoms with E-state index in [4.69, 9.17) is 16.3 Å². The molecule has 1 aliphatic heterocycles. The van der Waals surface area contributed by atoms with Gasteiger partial charge in [-0.1, -0.05) is 30.7 Å². The van der Waals surface area contributed by atoms with Gasteiger partial charge in [0, 0.05) is 30.1 Å². The molecule has 118 valence electrons. The van der Waals surface area contributed by atoms with E-state index in [9.17, 15) is 9.59 Å². The van der Waals surface area contributed by atoms with Crippen LogP contribution in [0.5, 0.6) is 0 Å². The molecule has 1 atom stereocenters. The van der Waals surface area contributed by atoms with Gasteiger partial charge in [-0.05, 0) is 31.0 Å². The third-order valence-corrected chi connectivity index (χ3v) is 4.17. The van der Waals surface area contributed by atoms with E-state index in [1.165, 1.54) is 0 Å². The van der Waals surface area contributed by atoms with Gasteiger partial charge in [0.15, 0.2) is 0 Å². The zero-order valence-electron chi connectivity index (χ0n) is 13.1. The maximum Gasteiger partial charge on any atom is 0.336 e. The largest absolute Gasteiger partial charge is 0.463 e. The summed E-state index contributed by atoms with van der Waals surface area (Å²) in [5.41, 5.74) is 2.21. The van der Waals surface area contributed by atoms with Crippen molar-refractivity contribution in [1.29, 1.82) is 0 Å². The van der Waals surface area contributed by atoms with Crippen LogP contribution in [0.3, 0.4) is 0 Å². The van der Waals surface area contributed by atoms with Gasteiger partial charge < -0.3 is 9.64 Å². The van der Waals surface area contributed by atoms with Crippen LogP contribution >= 0.6 is 11.6 Å². The standard InChI is InChI=1S/C17H20ClNO3/c1-4-14-16(17(21)22-5-2)13(10-15(20)19(14)3)11-6-8-12(18)9-7-11/h6-9,13H,4-5,10H2,1-3H3. The molecule has 4 nitrogen and oxygen atoms in total. The number of ether oxygens (including phenoxy) is 1. The van der Waals surface area contributed by atoms with Crippen molar-refractivity contribution in [1.82, 2.24) is 4.90 Å². The second kappa shape index (κ2) is 6.97. The maximum absolute atomic E-state index is 12.4. The predicted molar refractivity (Wildman–Crippen MR) is 85.5 cm³/mol. The Hall–Kier alpha value is -1.81. The number of nitrogens with zero attached hydrogens (tertiary/aromatic N) is 1. The van der Waals surface area contributed by atoms with E-state index >= 15 is 0 Å². The lowest BCUT2D eigenvalue weighted by Crippen LogP contribution is -2.36. The van der Waals surface area contributed by atoms with Gasteiger partial charge in [-0.2, -0.15) is 0 Å². The number of rotatable bonds is 4. The van der Waals surface area contributed by atoms with Crippen LogP contribution in [0.25, 0.3) is 0 Å². The number of carbonyl (C=O) groups excluding carboxylic acids is 2. The second-order valence-corrected chi connectivity index (χ2v) is 5.63. The topological polar surface area (TPSA) is 46.6 Å². The average molecular weight is 322 g/mol. The summed E-state index contributed by atoms with van der Waals surface area (Å²) in [5, 5.41) is 0.625. The van der Waals surface area contributed by atoms with E-state index in [0.717, 1.165) is 11.3 Å². The molecule has 1 aromatic rings. The van der Waals surface area contributed by atoms with Crippen LogP contribution in [-0.4, -0.2) is 30.4 Å². The summed E-state index contributed by atoms with van der Waals surface area (Å²) in [5.74, 6) is -0.626. The molecular weight excluding hydrogens is 302 g/mol. The summed E-state index contributed by atoms with van der Waals surface area (Å²) < 4.78 is 5.21. The summed E-state index contributed by atoms with van der Waals surface area (Å²) in [4.78, 5) is 26.2. The van der Waals surface area contributed by atoms with Crippen molar-refractivity contribution >= 4 is 23.5 Å². The number of carbonyl (C=O) groups is 2. The molecule has 0 aromatic heterocycles. The molecule has 1 heterocycles. The van der Waals surface area contributed by atoms with Gasteiger partial charge in [-0.3, -0.25) is 4.79 Å². The second-order valence-electron chi connectivity index (χ2n) is 5.20. The fraction of sp³-hybridized carbons (Fsp3) is 0.412. The van der Waals surface area contributed by atoms with Gasteiger partial charge in [0.2, 0.25) is 5.91 Å². The fourth-order valence-electron chi connectivity index (χ4n) is 2.82. The van der Waals surface area contributed by atoms with Crippen LogP contribution in [0.15, 0.2) is 35.5 Å². The SMILES string of the molecule is CCOC(=O)C1=C(CC)N(C)C(=O)CC1c1ccc(Cl)cc1. The van der Waals surface area contributed by atoms with E-state index < -0.39 is 0 Å². The first-order valence-electron chi connectivity index (χ1n) is 7.41. The molecule has 0 fully saturated rings. The number of hydrogen-bond acceptors (Lipinski definition) is 3. The average Bonchev–Trinajstić information content (AvgIpc) is 2.50. The Bertz CT molecular complexity index is 607. The molecular formula is C17H20ClNO3. The Kier molecular flexibility index (Phi) is 5.24. The molecule has 1 unspecified atom stereocenters. The number of esters is 1. The summed E-state index contributed by atoms with van der Waals surface area (Å²) in [6.45, 7) is 4.02. The molecule has 0 aliphatic carbocycles. The van der Waals surface area contributed by atoms with Crippen LogP contribution < -0.4 is 0 Å². The Morgan fingerprint density at radius 2 is 1.95 bits per heavy atom. The van der Waals surface area contributed by atoms with E-state index in [0.29, 0.717) is 23.6 Å². The Morgan fingerprint density at radius 3 is 2.50 bits per heavy atom. The van der Waals surface area contributed by atoms with E-state index in [2.05, 4.69) is 0 Å². The van der Waals surface area contributed by atoms with Gasteiger partial charge in [0.05, 0.1) is 12.2 Å². The number of hydrogen-bond donors (Lipinski definition) is 0. The van der Waals surface area contributed by atoms with Crippen molar-refractivity contribution in [2.75, 3.05) is 13.7 Å². The molecule has 22 heavy (non-hydrogen) atoms. The first-order chi connectivity index (χ1) is 10.5. The minimum atomic E-state index is -0.348. The summed E-state index contributed by atoms with van der Waals surface area (Å²) in [6, 6.07) is 7.26. The molecule has 0 spiro atoms. The van der Waals surface area contributed by atoms with Crippen molar-refractivity contribution < 1.29 is 14.3 Å². The number of allylic oxidation sites excluding steroid dienone is 1. The normalized spacial score (nSPS) is 18.6. The molecule has 1 aromatic carbocycles. The highest BCUT2D eigenvalue weighted by Crippen LogP contribution is 2.37. The molecule has 0 radical (unpaired) electrons. The van der Waals surface area contributed by atoms with Gasteiger partial charge >= 0.3 is 5.97 Å². The zero-order chi connectivity index (χ0) is 16.3. The third kappa shape index (κ3) is 3.17. The zero-order valence-corrected chi connectivity index (χ0v) is 13.8. The predicted octanol–water partition coefficient (Wildman–Crippen LogP) is 3.51. The summed E-state index contributed by atoms with van der Waals surface area (Å²) >= 11 is 5.93. The van der Waals surface area contributed by atoms with Crippen LogP contribution in [0, 0.1) is 0 Å². The summed E-state index contributed by atoms with van der Waals surface area (Å²) in [6.07, 6.45) is 0.857. The van der Waals surface area contributed by atoms with Crippen LogP contribution in [-0.2, 0) is 14.3 Å². The first kappa shape index (κ1) is 16.6. The van der Waals surface area contributed by atoms with Gasteiger partial charge in [0.1, 0.15) is 0 Å². The Labute approximate surface area is 135 Å². The maximum atomic E-state index is 12.4. The molecule has 1 amide bonds. The highest BCUT2D eigenvalue weighted by Gasteiger charge is 2.36. The van der Waals surface area contributed by atoms with E-state index in [-0.39, 0.29) is 24.2 Å². The van der Waals surface area contributed by atoms with Gasteiger partial charge in [-0.25, -0.2) is 4.79 Å². The molecule has 0 bridgehead atoms. The highest BCUT2D eigenvalue weighted by atomic mass is 35.5. The first-order valence-corrected chi connectivity index (χ1v) is 7.79. The van der Waals surface area contributed by atoms with Gasteiger partial charge in [-0.15, -0.1) is 0 Å². The van der Waals surface area contributed by atoms with Crippen molar-refractivity contribution in [3.05, 3.63) is 46.1 Å². The van der Waals surface area contributed by atoms with Crippen molar-refractivity contribution in [3.63, 3.8) is 0 Å². The number of benzene rings is 1. The molecule has 0 saturated heterocycles. The monoisotopic (exact) mass is 321 g/mol. The molecule has 5 heteroatoms. The molecule has 0 saturated carbocycles. The van der Waals surface area contributed by atoms with Crippen LogP contribution in [0.1, 0.15) is 38.2 Å². The Morgan fingerprint density at radius 1 is 1.32 bits per heavy atom. The van der Waals surface area contributed by atoms with E-state index in [1.807, 2.05) is 19.1 Å². The fourth-order valence-corrected chi connectivity index (χ4v) is 2.95.